The van der Waals surface area contributed by atoms with Crippen LogP contribution in [0.4, 0.5) is 0 Å². The van der Waals surface area contributed by atoms with E-state index in [4.69, 9.17) is 9.15 Å². The standard InChI is InChI=1S/C11H16O3S/c1-11(2,10(12)13-3)8-15-7-9-5-4-6-14-9/h4-6H,7-8H2,1-3H3. The average molecular weight is 228 g/mol. The van der Waals surface area contributed by atoms with Gasteiger partial charge in [-0.3, -0.25) is 4.79 Å². The molecule has 0 aliphatic carbocycles. The molecular weight excluding hydrogens is 212 g/mol. The van der Waals surface area contributed by atoms with E-state index in [0.29, 0.717) is 0 Å². The smallest absolute Gasteiger partial charge is 0.312 e. The Bertz CT molecular complexity index is 304. The van der Waals surface area contributed by atoms with Crippen LogP contribution in [-0.2, 0) is 15.3 Å². The molecule has 3 nitrogen and oxygen atoms in total. The van der Waals surface area contributed by atoms with Gasteiger partial charge in [0.1, 0.15) is 5.76 Å². The summed E-state index contributed by atoms with van der Waals surface area (Å²) >= 11 is 1.67. The maximum atomic E-state index is 11.4. The average Bonchev–Trinajstić information content (AvgIpc) is 2.69. The number of methoxy groups -OCH3 is 1. The van der Waals surface area contributed by atoms with Crippen LogP contribution in [0.15, 0.2) is 22.8 Å². The third-order valence-corrected chi connectivity index (χ3v) is 3.44. The summed E-state index contributed by atoms with van der Waals surface area (Å²) in [5, 5.41) is 0. The minimum absolute atomic E-state index is 0.172. The topological polar surface area (TPSA) is 39.4 Å². The Morgan fingerprint density at radius 1 is 1.60 bits per heavy atom. The van der Waals surface area contributed by atoms with E-state index in [1.165, 1.54) is 7.11 Å². The van der Waals surface area contributed by atoms with Gasteiger partial charge in [-0.1, -0.05) is 0 Å². The molecule has 1 aromatic heterocycles. The number of hydrogen-bond acceptors (Lipinski definition) is 4. The summed E-state index contributed by atoms with van der Waals surface area (Å²) in [6.07, 6.45) is 1.65. The van der Waals surface area contributed by atoms with Gasteiger partial charge in [0.05, 0.1) is 24.5 Å². The van der Waals surface area contributed by atoms with Gasteiger partial charge in [0.2, 0.25) is 0 Å². The van der Waals surface area contributed by atoms with Gasteiger partial charge >= 0.3 is 5.97 Å². The molecule has 0 unspecified atom stereocenters. The lowest BCUT2D eigenvalue weighted by Crippen LogP contribution is -2.28. The van der Waals surface area contributed by atoms with Crippen molar-refractivity contribution >= 4 is 17.7 Å². The van der Waals surface area contributed by atoms with Crippen LogP contribution in [0, 0.1) is 5.41 Å². The fraction of sp³-hybridized carbons (Fsp3) is 0.545. The molecule has 1 heterocycles. The van der Waals surface area contributed by atoms with Crippen LogP contribution in [0.2, 0.25) is 0 Å². The molecule has 0 aromatic carbocycles. The van der Waals surface area contributed by atoms with Gasteiger partial charge in [0, 0.05) is 5.75 Å². The Morgan fingerprint density at radius 3 is 2.87 bits per heavy atom. The number of ether oxygens (including phenoxy) is 1. The van der Waals surface area contributed by atoms with E-state index < -0.39 is 5.41 Å². The SMILES string of the molecule is COC(=O)C(C)(C)CSCc1ccco1. The second kappa shape index (κ2) is 5.26. The summed E-state index contributed by atoms with van der Waals surface area (Å²) < 4.78 is 9.93. The Morgan fingerprint density at radius 2 is 2.33 bits per heavy atom. The van der Waals surface area contributed by atoms with Crippen molar-refractivity contribution in [2.45, 2.75) is 19.6 Å². The lowest BCUT2D eigenvalue weighted by Gasteiger charge is -2.20. The van der Waals surface area contributed by atoms with E-state index in [-0.39, 0.29) is 5.97 Å². The van der Waals surface area contributed by atoms with Crippen LogP contribution >= 0.6 is 11.8 Å². The summed E-state index contributed by atoms with van der Waals surface area (Å²) in [5.41, 5.74) is -0.438. The van der Waals surface area contributed by atoms with Gasteiger partial charge in [0.15, 0.2) is 0 Å². The van der Waals surface area contributed by atoms with Gasteiger partial charge in [-0.25, -0.2) is 0 Å². The zero-order chi connectivity index (χ0) is 11.3. The minimum atomic E-state index is -0.438. The molecule has 0 fully saturated rings. The molecule has 84 valence electrons. The molecule has 1 aromatic rings. The lowest BCUT2D eigenvalue weighted by molar-refractivity contribution is -0.149. The molecule has 0 radical (unpaired) electrons. The van der Waals surface area contributed by atoms with E-state index in [0.717, 1.165) is 17.3 Å². The van der Waals surface area contributed by atoms with E-state index in [2.05, 4.69) is 0 Å². The van der Waals surface area contributed by atoms with E-state index in [1.807, 2.05) is 26.0 Å². The van der Waals surface area contributed by atoms with Crippen molar-refractivity contribution in [3.8, 4) is 0 Å². The van der Waals surface area contributed by atoms with Crippen molar-refractivity contribution in [1.82, 2.24) is 0 Å². The first kappa shape index (κ1) is 12.2. The number of carbonyl (C=O) groups is 1. The first-order valence-corrected chi connectivity index (χ1v) is 5.90. The largest absolute Gasteiger partial charge is 0.469 e. The zero-order valence-electron chi connectivity index (χ0n) is 9.28. The highest BCUT2D eigenvalue weighted by atomic mass is 32.2. The number of esters is 1. The predicted octanol–water partition coefficient (Wildman–Crippen LogP) is 2.71. The molecule has 0 saturated heterocycles. The molecule has 0 spiro atoms. The molecule has 0 N–H and O–H groups in total. The number of hydrogen-bond donors (Lipinski definition) is 0. The van der Waals surface area contributed by atoms with Crippen LogP contribution in [-0.4, -0.2) is 18.8 Å². The van der Waals surface area contributed by atoms with Gasteiger partial charge in [-0.15, -0.1) is 0 Å². The normalized spacial score (nSPS) is 11.4. The van der Waals surface area contributed by atoms with Gasteiger partial charge in [0.25, 0.3) is 0 Å². The van der Waals surface area contributed by atoms with Gasteiger partial charge in [-0.05, 0) is 26.0 Å². The highest BCUT2D eigenvalue weighted by molar-refractivity contribution is 7.98. The fourth-order valence-corrected chi connectivity index (χ4v) is 2.23. The Balaban J connectivity index is 2.33. The first-order valence-electron chi connectivity index (χ1n) is 4.75. The maximum Gasteiger partial charge on any atom is 0.312 e. The highest BCUT2D eigenvalue weighted by Gasteiger charge is 2.28. The number of rotatable bonds is 5. The van der Waals surface area contributed by atoms with Crippen LogP contribution in [0.3, 0.4) is 0 Å². The van der Waals surface area contributed by atoms with E-state index in [9.17, 15) is 4.79 Å². The molecule has 1 rings (SSSR count). The van der Waals surface area contributed by atoms with Crippen molar-refractivity contribution < 1.29 is 13.9 Å². The molecule has 0 aliphatic rings. The van der Waals surface area contributed by atoms with Crippen LogP contribution < -0.4 is 0 Å². The molecule has 15 heavy (non-hydrogen) atoms. The molecule has 0 atom stereocenters. The highest BCUT2D eigenvalue weighted by Crippen LogP contribution is 2.25. The van der Waals surface area contributed by atoms with Crippen molar-refractivity contribution in [3.05, 3.63) is 24.2 Å². The third-order valence-electron chi connectivity index (χ3n) is 2.03. The molecular formula is C11H16O3S. The van der Waals surface area contributed by atoms with Crippen molar-refractivity contribution in [2.75, 3.05) is 12.9 Å². The van der Waals surface area contributed by atoms with Crippen LogP contribution in [0.1, 0.15) is 19.6 Å². The van der Waals surface area contributed by atoms with Crippen molar-refractivity contribution in [3.63, 3.8) is 0 Å². The van der Waals surface area contributed by atoms with Crippen molar-refractivity contribution in [1.29, 1.82) is 0 Å². The molecule has 0 saturated carbocycles. The number of carbonyl (C=O) groups excluding carboxylic acids is 1. The van der Waals surface area contributed by atoms with Crippen LogP contribution in [0.5, 0.6) is 0 Å². The molecule has 4 heteroatoms. The zero-order valence-corrected chi connectivity index (χ0v) is 10.1. The summed E-state index contributed by atoms with van der Waals surface area (Å²) in [6, 6.07) is 3.79. The van der Waals surface area contributed by atoms with Crippen LogP contribution in [0.25, 0.3) is 0 Å². The Hall–Kier alpha value is -0.900. The predicted molar refractivity (Wildman–Crippen MR) is 60.7 cm³/mol. The maximum absolute atomic E-state index is 11.4. The second-order valence-corrected chi connectivity index (χ2v) is 4.93. The Kier molecular flexibility index (Phi) is 4.27. The van der Waals surface area contributed by atoms with E-state index in [1.54, 1.807) is 18.0 Å². The molecule has 0 bridgehead atoms. The monoisotopic (exact) mass is 228 g/mol. The fourth-order valence-electron chi connectivity index (χ4n) is 1.14. The summed E-state index contributed by atoms with van der Waals surface area (Å²) in [7, 11) is 1.42. The summed E-state index contributed by atoms with van der Waals surface area (Å²) in [6.45, 7) is 3.77. The van der Waals surface area contributed by atoms with Gasteiger partial charge in [-0.2, -0.15) is 11.8 Å². The summed E-state index contributed by atoms with van der Waals surface area (Å²) in [5.74, 6) is 2.27. The first-order chi connectivity index (χ1) is 7.06. The third kappa shape index (κ3) is 3.63. The number of furan rings is 1. The molecule has 0 aliphatic heterocycles. The Labute approximate surface area is 94.2 Å². The second-order valence-electron chi connectivity index (χ2n) is 3.95. The van der Waals surface area contributed by atoms with E-state index >= 15 is 0 Å². The van der Waals surface area contributed by atoms with Crippen molar-refractivity contribution in [2.24, 2.45) is 5.41 Å². The molecule has 0 amide bonds. The number of thioether (sulfide) groups is 1. The quantitative estimate of drug-likeness (QED) is 0.726. The summed E-state index contributed by atoms with van der Waals surface area (Å²) in [4.78, 5) is 11.4. The lowest BCUT2D eigenvalue weighted by atomic mass is 9.97. The minimum Gasteiger partial charge on any atom is -0.469 e. The van der Waals surface area contributed by atoms with Gasteiger partial charge < -0.3 is 9.15 Å².